The number of rotatable bonds is 3. The van der Waals surface area contributed by atoms with E-state index in [2.05, 4.69) is 5.32 Å². The minimum absolute atomic E-state index is 0.0733. The Morgan fingerprint density at radius 3 is 2.67 bits per heavy atom. The molecule has 0 heterocycles. The van der Waals surface area contributed by atoms with E-state index in [1.54, 1.807) is 6.07 Å². The van der Waals surface area contributed by atoms with Crippen LogP contribution in [0.4, 0.5) is 10.1 Å². The maximum absolute atomic E-state index is 13.2. The second kappa shape index (κ2) is 5.40. The summed E-state index contributed by atoms with van der Waals surface area (Å²) in [7, 11) is 0. The maximum atomic E-state index is 13.2. The molecule has 0 amide bonds. The first-order valence-electron chi connectivity index (χ1n) is 5.84. The molecule has 1 N–H and O–H groups in total. The van der Waals surface area contributed by atoms with E-state index in [-0.39, 0.29) is 11.9 Å². The minimum Gasteiger partial charge on any atom is -0.378 e. The van der Waals surface area contributed by atoms with Gasteiger partial charge in [0.05, 0.1) is 0 Å². The van der Waals surface area contributed by atoms with Crippen molar-refractivity contribution in [3.63, 3.8) is 0 Å². The summed E-state index contributed by atoms with van der Waals surface area (Å²) in [5.74, 6) is -0.235. The molecule has 18 heavy (non-hydrogen) atoms. The van der Waals surface area contributed by atoms with Gasteiger partial charge >= 0.3 is 0 Å². The third-order valence-corrected chi connectivity index (χ3v) is 3.16. The van der Waals surface area contributed by atoms with Crippen LogP contribution in [0, 0.1) is 12.7 Å². The summed E-state index contributed by atoms with van der Waals surface area (Å²) in [6.07, 6.45) is 0. The molecule has 0 aliphatic rings. The van der Waals surface area contributed by atoms with Gasteiger partial charge in [-0.1, -0.05) is 29.8 Å². The summed E-state index contributed by atoms with van der Waals surface area (Å²) in [6.45, 7) is 3.97. The van der Waals surface area contributed by atoms with E-state index < -0.39 is 0 Å². The lowest BCUT2D eigenvalue weighted by molar-refractivity contribution is 0.627. The van der Waals surface area contributed by atoms with Crippen molar-refractivity contribution in [3.8, 4) is 0 Å². The highest BCUT2D eigenvalue weighted by molar-refractivity contribution is 6.30. The molecule has 1 unspecified atom stereocenters. The number of nitrogens with one attached hydrogen (secondary N) is 1. The Morgan fingerprint density at radius 2 is 1.94 bits per heavy atom. The molecule has 1 nitrogen and oxygen atoms in total. The van der Waals surface area contributed by atoms with Gasteiger partial charge in [-0.25, -0.2) is 4.39 Å². The highest BCUT2D eigenvalue weighted by Gasteiger charge is 2.08. The summed E-state index contributed by atoms with van der Waals surface area (Å²) in [4.78, 5) is 0. The number of aryl methyl sites for hydroxylation is 1. The second-order valence-corrected chi connectivity index (χ2v) is 4.82. The topological polar surface area (TPSA) is 12.0 Å². The van der Waals surface area contributed by atoms with E-state index in [4.69, 9.17) is 11.6 Å². The molecule has 1 atom stereocenters. The van der Waals surface area contributed by atoms with Gasteiger partial charge in [0.2, 0.25) is 0 Å². The molecule has 0 aliphatic carbocycles. The first kappa shape index (κ1) is 12.9. The molecule has 0 saturated carbocycles. The van der Waals surface area contributed by atoms with Gasteiger partial charge in [0, 0.05) is 16.8 Å². The number of benzene rings is 2. The van der Waals surface area contributed by atoms with Crippen molar-refractivity contribution < 1.29 is 4.39 Å². The van der Waals surface area contributed by atoms with Crippen molar-refractivity contribution in [3.05, 3.63) is 64.4 Å². The van der Waals surface area contributed by atoms with Crippen LogP contribution in [0.3, 0.4) is 0 Å². The largest absolute Gasteiger partial charge is 0.378 e. The van der Waals surface area contributed by atoms with Crippen molar-refractivity contribution in [1.82, 2.24) is 0 Å². The maximum Gasteiger partial charge on any atom is 0.125 e. The van der Waals surface area contributed by atoms with E-state index in [0.29, 0.717) is 5.02 Å². The average Bonchev–Trinajstić information content (AvgIpc) is 2.34. The highest BCUT2D eigenvalue weighted by atomic mass is 35.5. The van der Waals surface area contributed by atoms with Crippen molar-refractivity contribution in [2.75, 3.05) is 5.32 Å². The van der Waals surface area contributed by atoms with Crippen molar-refractivity contribution in [2.45, 2.75) is 19.9 Å². The fourth-order valence-electron chi connectivity index (χ4n) is 1.84. The summed E-state index contributed by atoms with van der Waals surface area (Å²) in [5, 5.41) is 4.00. The van der Waals surface area contributed by atoms with Crippen LogP contribution in [-0.2, 0) is 0 Å². The van der Waals surface area contributed by atoms with Crippen LogP contribution in [0.25, 0.3) is 0 Å². The predicted octanol–water partition coefficient (Wildman–Crippen LogP) is 4.96. The number of halogens is 2. The zero-order valence-electron chi connectivity index (χ0n) is 10.4. The van der Waals surface area contributed by atoms with E-state index in [9.17, 15) is 4.39 Å². The van der Waals surface area contributed by atoms with E-state index in [1.807, 2.05) is 38.1 Å². The fourth-order valence-corrected chi connectivity index (χ4v) is 2.04. The van der Waals surface area contributed by atoms with Crippen LogP contribution >= 0.6 is 11.6 Å². The zero-order chi connectivity index (χ0) is 13.1. The molecule has 0 spiro atoms. The first-order chi connectivity index (χ1) is 8.56. The van der Waals surface area contributed by atoms with Crippen molar-refractivity contribution in [1.29, 1.82) is 0 Å². The number of hydrogen-bond donors (Lipinski definition) is 1. The fraction of sp³-hybridized carbons (Fsp3) is 0.200. The molecule has 2 aromatic carbocycles. The lowest BCUT2D eigenvalue weighted by Gasteiger charge is -2.17. The Morgan fingerprint density at radius 1 is 1.17 bits per heavy atom. The molecule has 0 bridgehead atoms. The molecular formula is C15H15ClFN. The van der Waals surface area contributed by atoms with E-state index in [1.165, 1.54) is 12.1 Å². The molecule has 0 saturated heterocycles. The first-order valence-corrected chi connectivity index (χ1v) is 6.22. The SMILES string of the molecule is Cc1ccc(F)cc1NC(C)c1cccc(Cl)c1. The van der Waals surface area contributed by atoms with Gasteiger partial charge in [0.25, 0.3) is 0 Å². The highest BCUT2D eigenvalue weighted by Crippen LogP contribution is 2.24. The van der Waals surface area contributed by atoms with Gasteiger partial charge in [-0.15, -0.1) is 0 Å². The van der Waals surface area contributed by atoms with Crippen LogP contribution in [-0.4, -0.2) is 0 Å². The molecule has 0 aromatic heterocycles. The van der Waals surface area contributed by atoms with Gasteiger partial charge in [-0.3, -0.25) is 0 Å². The van der Waals surface area contributed by atoms with Gasteiger partial charge in [-0.2, -0.15) is 0 Å². The molecule has 2 rings (SSSR count). The van der Waals surface area contributed by atoms with Crippen molar-refractivity contribution >= 4 is 17.3 Å². The predicted molar refractivity (Wildman–Crippen MR) is 74.6 cm³/mol. The standard InChI is InChI=1S/C15H15ClFN/c1-10-6-7-14(17)9-15(10)18-11(2)12-4-3-5-13(16)8-12/h3-9,11,18H,1-2H3. The quantitative estimate of drug-likeness (QED) is 0.825. The van der Waals surface area contributed by atoms with E-state index in [0.717, 1.165) is 16.8 Å². The zero-order valence-corrected chi connectivity index (χ0v) is 11.1. The summed E-state index contributed by atoms with van der Waals surface area (Å²) < 4.78 is 13.2. The van der Waals surface area contributed by atoms with Gasteiger partial charge in [0.15, 0.2) is 0 Å². The molecule has 3 heteroatoms. The van der Waals surface area contributed by atoms with Crippen LogP contribution in [0.1, 0.15) is 24.1 Å². The molecule has 0 radical (unpaired) electrons. The molecular weight excluding hydrogens is 249 g/mol. The second-order valence-electron chi connectivity index (χ2n) is 4.38. The van der Waals surface area contributed by atoms with Crippen LogP contribution < -0.4 is 5.32 Å². The van der Waals surface area contributed by atoms with Crippen LogP contribution in [0.15, 0.2) is 42.5 Å². The Balaban J connectivity index is 2.21. The number of hydrogen-bond acceptors (Lipinski definition) is 1. The Hall–Kier alpha value is -1.54. The third kappa shape index (κ3) is 3.02. The van der Waals surface area contributed by atoms with Gasteiger partial charge in [0.1, 0.15) is 5.82 Å². The molecule has 94 valence electrons. The monoisotopic (exact) mass is 263 g/mol. The smallest absolute Gasteiger partial charge is 0.125 e. The molecule has 0 fully saturated rings. The lowest BCUT2D eigenvalue weighted by atomic mass is 10.1. The van der Waals surface area contributed by atoms with Gasteiger partial charge in [-0.05, 0) is 49.2 Å². The van der Waals surface area contributed by atoms with E-state index >= 15 is 0 Å². The lowest BCUT2D eigenvalue weighted by Crippen LogP contribution is -2.07. The number of anilines is 1. The summed E-state index contributed by atoms with van der Waals surface area (Å²) in [5.41, 5.74) is 2.90. The molecule has 0 aliphatic heterocycles. The summed E-state index contributed by atoms with van der Waals surface area (Å²) in [6, 6.07) is 12.5. The van der Waals surface area contributed by atoms with Gasteiger partial charge < -0.3 is 5.32 Å². The van der Waals surface area contributed by atoms with Crippen LogP contribution in [0.5, 0.6) is 0 Å². The van der Waals surface area contributed by atoms with Crippen LogP contribution in [0.2, 0.25) is 5.02 Å². The average molecular weight is 264 g/mol. The Labute approximate surface area is 112 Å². The van der Waals surface area contributed by atoms with Crippen molar-refractivity contribution in [2.24, 2.45) is 0 Å². The minimum atomic E-state index is -0.235. The normalized spacial score (nSPS) is 12.2. The third-order valence-electron chi connectivity index (χ3n) is 2.92. The Bertz CT molecular complexity index is 554. The summed E-state index contributed by atoms with van der Waals surface area (Å²) >= 11 is 5.96. The molecule has 2 aromatic rings. The Kier molecular flexibility index (Phi) is 3.87.